The number of benzene rings is 3. The zero-order chi connectivity index (χ0) is 22.1. The van der Waals surface area contributed by atoms with Crippen LogP contribution < -0.4 is 14.9 Å². The van der Waals surface area contributed by atoms with Gasteiger partial charge in [0.15, 0.2) is 0 Å². The second-order valence-corrected chi connectivity index (χ2v) is 7.43. The van der Waals surface area contributed by atoms with Crippen molar-refractivity contribution in [2.75, 3.05) is 6.61 Å². The van der Waals surface area contributed by atoms with Crippen molar-refractivity contribution in [1.29, 1.82) is 0 Å². The molecular formula is C24H21BrN2O4. The molecule has 0 radical (unpaired) electrons. The van der Waals surface area contributed by atoms with Crippen LogP contribution in [0.2, 0.25) is 0 Å². The minimum absolute atomic E-state index is 0.317. The number of carbonyl (C=O) groups excluding carboxylic acids is 2. The Balaban J connectivity index is 1.69. The number of hydrogen-bond donors (Lipinski definition) is 1. The van der Waals surface area contributed by atoms with Crippen molar-refractivity contribution in [2.24, 2.45) is 5.10 Å². The van der Waals surface area contributed by atoms with Gasteiger partial charge in [0, 0.05) is 15.6 Å². The highest BCUT2D eigenvalue weighted by Crippen LogP contribution is 2.23. The molecule has 0 saturated heterocycles. The van der Waals surface area contributed by atoms with E-state index in [0.29, 0.717) is 34.8 Å². The van der Waals surface area contributed by atoms with E-state index in [1.807, 2.05) is 13.0 Å². The van der Waals surface area contributed by atoms with Gasteiger partial charge in [-0.3, -0.25) is 4.79 Å². The predicted octanol–water partition coefficient (Wildman–Crippen LogP) is 5.22. The van der Waals surface area contributed by atoms with Crippen LogP contribution in [0.4, 0.5) is 0 Å². The van der Waals surface area contributed by atoms with E-state index in [9.17, 15) is 9.59 Å². The van der Waals surface area contributed by atoms with E-state index in [1.54, 1.807) is 66.7 Å². The summed E-state index contributed by atoms with van der Waals surface area (Å²) in [5.74, 6) is 0.171. The molecular weight excluding hydrogens is 460 g/mol. The van der Waals surface area contributed by atoms with Crippen LogP contribution in [0.3, 0.4) is 0 Å². The van der Waals surface area contributed by atoms with Gasteiger partial charge >= 0.3 is 5.97 Å². The van der Waals surface area contributed by atoms with E-state index in [-0.39, 0.29) is 5.91 Å². The van der Waals surface area contributed by atoms with Crippen molar-refractivity contribution < 1.29 is 19.1 Å². The summed E-state index contributed by atoms with van der Waals surface area (Å²) in [7, 11) is 0. The molecule has 0 atom stereocenters. The number of esters is 1. The molecule has 31 heavy (non-hydrogen) atoms. The minimum Gasteiger partial charge on any atom is -0.494 e. The maximum Gasteiger partial charge on any atom is 0.343 e. The van der Waals surface area contributed by atoms with Crippen LogP contribution in [0, 0.1) is 0 Å². The number of amides is 1. The highest BCUT2D eigenvalue weighted by atomic mass is 79.9. The van der Waals surface area contributed by atoms with Gasteiger partial charge in [-0.2, -0.15) is 5.10 Å². The van der Waals surface area contributed by atoms with Gasteiger partial charge in [0.05, 0.1) is 18.4 Å². The van der Waals surface area contributed by atoms with Crippen LogP contribution >= 0.6 is 15.9 Å². The first kappa shape index (κ1) is 22.2. The molecule has 0 aliphatic carbocycles. The van der Waals surface area contributed by atoms with Crippen molar-refractivity contribution in [2.45, 2.75) is 13.3 Å². The second-order valence-electron chi connectivity index (χ2n) is 6.51. The molecule has 0 unspecified atom stereocenters. The molecule has 7 heteroatoms. The highest BCUT2D eigenvalue weighted by molar-refractivity contribution is 9.10. The summed E-state index contributed by atoms with van der Waals surface area (Å²) in [4.78, 5) is 24.7. The van der Waals surface area contributed by atoms with Crippen molar-refractivity contribution in [3.63, 3.8) is 0 Å². The smallest absolute Gasteiger partial charge is 0.343 e. The number of carbonyl (C=O) groups is 2. The Hall–Kier alpha value is -3.45. The van der Waals surface area contributed by atoms with E-state index >= 15 is 0 Å². The van der Waals surface area contributed by atoms with Crippen LogP contribution in [0.5, 0.6) is 11.5 Å². The molecule has 0 aliphatic heterocycles. The average molecular weight is 481 g/mol. The van der Waals surface area contributed by atoms with E-state index in [4.69, 9.17) is 9.47 Å². The third-order valence-corrected chi connectivity index (χ3v) is 4.64. The summed E-state index contributed by atoms with van der Waals surface area (Å²) in [5.41, 5.74) is 3.88. The van der Waals surface area contributed by atoms with Gasteiger partial charge in [-0.25, -0.2) is 10.2 Å². The number of rotatable bonds is 8. The number of ether oxygens (including phenoxy) is 2. The Kier molecular flexibility index (Phi) is 7.95. The molecule has 1 amide bonds. The maximum absolute atomic E-state index is 12.6. The van der Waals surface area contributed by atoms with Gasteiger partial charge in [0.1, 0.15) is 11.5 Å². The van der Waals surface area contributed by atoms with Gasteiger partial charge in [-0.1, -0.05) is 41.1 Å². The molecule has 6 nitrogen and oxygen atoms in total. The fourth-order valence-electron chi connectivity index (χ4n) is 2.59. The number of hydrogen-bond acceptors (Lipinski definition) is 5. The molecule has 158 valence electrons. The van der Waals surface area contributed by atoms with Crippen molar-refractivity contribution >= 4 is 34.0 Å². The van der Waals surface area contributed by atoms with E-state index < -0.39 is 5.97 Å². The summed E-state index contributed by atoms with van der Waals surface area (Å²) in [6, 6.07) is 20.7. The first-order valence-corrected chi connectivity index (χ1v) is 10.5. The third kappa shape index (κ3) is 6.52. The molecule has 0 aromatic heterocycles. The largest absolute Gasteiger partial charge is 0.494 e. The summed E-state index contributed by atoms with van der Waals surface area (Å²) in [5, 5.41) is 3.99. The van der Waals surface area contributed by atoms with Gasteiger partial charge < -0.3 is 9.47 Å². The molecule has 0 heterocycles. The zero-order valence-corrected chi connectivity index (χ0v) is 18.5. The quantitative estimate of drug-likeness (QED) is 0.207. The number of hydrazone groups is 1. The number of halogens is 1. The van der Waals surface area contributed by atoms with Crippen LogP contribution in [-0.2, 0) is 0 Å². The maximum atomic E-state index is 12.6. The van der Waals surface area contributed by atoms with Crippen LogP contribution in [0.25, 0.3) is 0 Å². The first-order valence-electron chi connectivity index (χ1n) is 9.70. The normalized spacial score (nSPS) is 10.6. The van der Waals surface area contributed by atoms with Crippen molar-refractivity contribution in [1.82, 2.24) is 5.43 Å². The van der Waals surface area contributed by atoms with E-state index in [0.717, 1.165) is 10.9 Å². The SMILES string of the molecule is CCCOc1ccc(C(=O)Oc2ccc(Br)cc2C=NNC(=O)c2ccccc2)cc1. The molecule has 3 rings (SSSR count). The third-order valence-electron chi connectivity index (χ3n) is 4.14. The molecule has 3 aromatic carbocycles. The summed E-state index contributed by atoms with van der Waals surface area (Å²) >= 11 is 3.39. The molecule has 3 aromatic rings. The van der Waals surface area contributed by atoms with Gasteiger partial charge in [0.2, 0.25) is 0 Å². The Morgan fingerprint density at radius 1 is 1.00 bits per heavy atom. The number of nitrogens with zero attached hydrogens (tertiary/aromatic N) is 1. The van der Waals surface area contributed by atoms with Crippen LogP contribution in [0.1, 0.15) is 39.6 Å². The standard InChI is InChI=1S/C24H21BrN2O4/c1-2-14-30-21-11-8-18(9-12-21)24(29)31-22-13-10-20(25)15-19(22)16-26-27-23(28)17-6-4-3-5-7-17/h3-13,15-16H,2,14H2,1H3,(H,27,28). The lowest BCUT2D eigenvalue weighted by molar-refractivity contribution is 0.0734. The molecule has 0 saturated carbocycles. The monoisotopic (exact) mass is 480 g/mol. The highest BCUT2D eigenvalue weighted by Gasteiger charge is 2.12. The molecule has 0 fully saturated rings. The lowest BCUT2D eigenvalue weighted by atomic mass is 10.2. The van der Waals surface area contributed by atoms with E-state index in [2.05, 4.69) is 26.5 Å². The Labute approximate surface area is 189 Å². The Morgan fingerprint density at radius 2 is 1.74 bits per heavy atom. The van der Waals surface area contributed by atoms with Crippen molar-refractivity contribution in [3.05, 3.63) is 94.0 Å². The fraction of sp³-hybridized carbons (Fsp3) is 0.125. The molecule has 0 spiro atoms. The Morgan fingerprint density at radius 3 is 2.45 bits per heavy atom. The summed E-state index contributed by atoms with van der Waals surface area (Å²) in [6.45, 7) is 2.64. The van der Waals surface area contributed by atoms with Crippen LogP contribution in [-0.4, -0.2) is 24.7 Å². The molecule has 1 N–H and O–H groups in total. The summed E-state index contributed by atoms with van der Waals surface area (Å²) in [6.07, 6.45) is 2.33. The Bertz CT molecular complexity index is 1070. The summed E-state index contributed by atoms with van der Waals surface area (Å²) < 4.78 is 11.9. The lowest BCUT2D eigenvalue weighted by Gasteiger charge is -2.09. The van der Waals surface area contributed by atoms with Gasteiger partial charge in [-0.05, 0) is 61.0 Å². The fourth-order valence-corrected chi connectivity index (χ4v) is 2.97. The van der Waals surface area contributed by atoms with Crippen molar-refractivity contribution in [3.8, 4) is 11.5 Å². The van der Waals surface area contributed by atoms with Gasteiger partial charge in [-0.15, -0.1) is 0 Å². The topological polar surface area (TPSA) is 77.0 Å². The van der Waals surface area contributed by atoms with Crippen LogP contribution in [0.15, 0.2) is 82.4 Å². The lowest BCUT2D eigenvalue weighted by Crippen LogP contribution is -2.17. The van der Waals surface area contributed by atoms with Gasteiger partial charge in [0.25, 0.3) is 5.91 Å². The van der Waals surface area contributed by atoms with E-state index in [1.165, 1.54) is 6.21 Å². The minimum atomic E-state index is -0.507. The number of nitrogens with one attached hydrogen (secondary N) is 1. The predicted molar refractivity (Wildman–Crippen MR) is 123 cm³/mol. The molecule has 0 bridgehead atoms. The zero-order valence-electron chi connectivity index (χ0n) is 16.9. The first-order chi connectivity index (χ1) is 15.1. The second kappa shape index (κ2) is 11.1. The average Bonchev–Trinajstić information content (AvgIpc) is 2.80. The molecule has 0 aliphatic rings.